The van der Waals surface area contributed by atoms with Gasteiger partial charge in [-0.15, -0.1) is 0 Å². The molecule has 0 aromatic heterocycles. The highest BCUT2D eigenvalue weighted by atomic mass is 35.5. The average molecular weight is 321 g/mol. The molecule has 0 aliphatic carbocycles. The molecule has 0 spiro atoms. The van der Waals surface area contributed by atoms with Gasteiger partial charge in [0, 0.05) is 21.7 Å². The standard InChI is InChI=1S/C16H13ClO5/c1-19-12-4-3-10(17)6-11(12)14-9(7-18)5-13-15(16(14)20-2)22-8-21-13/h3-7H,8H2,1-2H3. The lowest BCUT2D eigenvalue weighted by molar-refractivity contribution is 0.112. The summed E-state index contributed by atoms with van der Waals surface area (Å²) >= 11 is 6.09. The predicted octanol–water partition coefficient (Wildman–Crippen LogP) is 3.57. The van der Waals surface area contributed by atoms with Crippen molar-refractivity contribution < 1.29 is 23.7 Å². The zero-order valence-corrected chi connectivity index (χ0v) is 12.8. The lowest BCUT2D eigenvalue weighted by Gasteiger charge is -2.16. The third-order valence-corrected chi connectivity index (χ3v) is 3.65. The van der Waals surface area contributed by atoms with Crippen molar-refractivity contribution in [1.82, 2.24) is 0 Å². The fourth-order valence-electron chi connectivity index (χ4n) is 2.47. The van der Waals surface area contributed by atoms with Crippen molar-refractivity contribution >= 4 is 17.9 Å². The number of ether oxygens (including phenoxy) is 4. The van der Waals surface area contributed by atoms with Gasteiger partial charge < -0.3 is 18.9 Å². The molecule has 114 valence electrons. The maximum atomic E-state index is 11.5. The number of hydrogen-bond donors (Lipinski definition) is 0. The van der Waals surface area contributed by atoms with Crippen LogP contribution in [0.1, 0.15) is 10.4 Å². The van der Waals surface area contributed by atoms with Gasteiger partial charge in [0.2, 0.25) is 12.5 Å². The van der Waals surface area contributed by atoms with Crippen molar-refractivity contribution in [1.29, 1.82) is 0 Å². The van der Waals surface area contributed by atoms with Crippen LogP contribution in [0.3, 0.4) is 0 Å². The van der Waals surface area contributed by atoms with Gasteiger partial charge in [0.05, 0.1) is 14.2 Å². The largest absolute Gasteiger partial charge is 0.496 e. The minimum atomic E-state index is 0.0835. The summed E-state index contributed by atoms with van der Waals surface area (Å²) in [6.07, 6.45) is 0.736. The minimum Gasteiger partial charge on any atom is -0.496 e. The summed E-state index contributed by atoms with van der Waals surface area (Å²) in [7, 11) is 3.05. The van der Waals surface area contributed by atoms with Crippen LogP contribution in [-0.4, -0.2) is 27.3 Å². The van der Waals surface area contributed by atoms with E-state index in [2.05, 4.69) is 0 Å². The molecular formula is C16H13ClO5. The van der Waals surface area contributed by atoms with Crippen LogP contribution in [0.5, 0.6) is 23.0 Å². The Morgan fingerprint density at radius 1 is 1.18 bits per heavy atom. The molecule has 0 unspecified atom stereocenters. The quantitative estimate of drug-likeness (QED) is 0.806. The third kappa shape index (κ3) is 2.23. The van der Waals surface area contributed by atoms with E-state index in [1.54, 1.807) is 31.4 Å². The smallest absolute Gasteiger partial charge is 0.231 e. The zero-order valence-electron chi connectivity index (χ0n) is 12.0. The van der Waals surface area contributed by atoms with E-state index < -0.39 is 0 Å². The predicted molar refractivity (Wildman–Crippen MR) is 81.5 cm³/mol. The summed E-state index contributed by atoms with van der Waals surface area (Å²) in [5, 5.41) is 0.521. The number of rotatable bonds is 4. The van der Waals surface area contributed by atoms with Crippen LogP contribution in [0.25, 0.3) is 11.1 Å². The van der Waals surface area contributed by atoms with Gasteiger partial charge in [0.1, 0.15) is 5.75 Å². The van der Waals surface area contributed by atoms with Crippen molar-refractivity contribution in [2.24, 2.45) is 0 Å². The Labute approximate surface area is 132 Å². The first-order chi connectivity index (χ1) is 10.7. The molecule has 0 saturated heterocycles. The molecule has 5 nitrogen and oxygen atoms in total. The van der Waals surface area contributed by atoms with Gasteiger partial charge in [-0.05, 0) is 24.3 Å². The minimum absolute atomic E-state index is 0.0835. The normalized spacial score (nSPS) is 12.1. The topological polar surface area (TPSA) is 54.0 Å². The number of halogens is 1. The lowest BCUT2D eigenvalue weighted by Crippen LogP contribution is -1.98. The van der Waals surface area contributed by atoms with Gasteiger partial charge in [-0.2, -0.15) is 0 Å². The van der Waals surface area contributed by atoms with Crippen LogP contribution < -0.4 is 18.9 Å². The maximum Gasteiger partial charge on any atom is 0.231 e. The molecule has 0 amide bonds. The van der Waals surface area contributed by atoms with E-state index in [4.69, 9.17) is 30.5 Å². The Morgan fingerprint density at radius 3 is 2.68 bits per heavy atom. The van der Waals surface area contributed by atoms with Crippen molar-refractivity contribution in [2.45, 2.75) is 0 Å². The first-order valence-corrected chi connectivity index (χ1v) is 6.87. The third-order valence-electron chi connectivity index (χ3n) is 3.41. The van der Waals surface area contributed by atoms with Crippen LogP contribution in [0, 0.1) is 0 Å². The van der Waals surface area contributed by atoms with Crippen LogP contribution in [0.2, 0.25) is 5.02 Å². The van der Waals surface area contributed by atoms with Gasteiger partial charge >= 0.3 is 0 Å². The fraction of sp³-hybridized carbons (Fsp3) is 0.188. The summed E-state index contributed by atoms with van der Waals surface area (Å²) in [6, 6.07) is 6.78. The first-order valence-electron chi connectivity index (χ1n) is 6.49. The Bertz CT molecular complexity index is 742. The fourth-order valence-corrected chi connectivity index (χ4v) is 2.64. The number of aldehydes is 1. The number of carbonyl (C=O) groups excluding carboxylic acids is 1. The molecule has 0 atom stereocenters. The second-order valence-corrected chi connectivity index (χ2v) is 5.01. The number of methoxy groups -OCH3 is 2. The molecule has 1 heterocycles. The first kappa shape index (κ1) is 14.5. The Hall–Kier alpha value is -2.40. The summed E-state index contributed by atoms with van der Waals surface area (Å²) in [6.45, 7) is 0.0835. The average Bonchev–Trinajstić information content (AvgIpc) is 3.00. The van der Waals surface area contributed by atoms with Crippen molar-refractivity contribution in [3.8, 4) is 34.1 Å². The van der Waals surface area contributed by atoms with E-state index in [9.17, 15) is 4.79 Å². The Balaban J connectivity index is 2.35. The highest BCUT2D eigenvalue weighted by molar-refractivity contribution is 6.31. The summed E-state index contributed by atoms with van der Waals surface area (Å²) in [5.74, 6) is 1.93. The van der Waals surface area contributed by atoms with E-state index in [-0.39, 0.29) is 6.79 Å². The lowest BCUT2D eigenvalue weighted by atomic mass is 9.97. The van der Waals surface area contributed by atoms with E-state index in [1.165, 1.54) is 7.11 Å². The Kier molecular flexibility index (Phi) is 3.81. The number of fused-ring (bicyclic) bond motifs is 1. The number of carbonyl (C=O) groups is 1. The molecule has 3 rings (SSSR count). The van der Waals surface area contributed by atoms with Gasteiger partial charge in [-0.25, -0.2) is 0 Å². The van der Waals surface area contributed by atoms with E-state index in [1.807, 2.05) is 0 Å². The van der Waals surface area contributed by atoms with Crippen LogP contribution in [-0.2, 0) is 0 Å². The highest BCUT2D eigenvalue weighted by Gasteiger charge is 2.27. The van der Waals surface area contributed by atoms with Gasteiger partial charge in [-0.3, -0.25) is 4.79 Å². The second-order valence-electron chi connectivity index (χ2n) is 4.57. The molecule has 22 heavy (non-hydrogen) atoms. The molecule has 2 aromatic rings. The summed E-state index contributed by atoms with van der Waals surface area (Å²) in [5.41, 5.74) is 1.61. The molecule has 0 saturated carbocycles. The van der Waals surface area contributed by atoms with Gasteiger partial charge in [0.15, 0.2) is 17.8 Å². The SMILES string of the molecule is COc1ccc(Cl)cc1-c1c(C=O)cc2c(c1OC)OCO2. The molecule has 0 fully saturated rings. The summed E-state index contributed by atoms with van der Waals surface area (Å²) < 4.78 is 21.6. The molecule has 6 heteroatoms. The van der Waals surface area contributed by atoms with Crippen LogP contribution in [0.4, 0.5) is 0 Å². The molecule has 0 radical (unpaired) electrons. The van der Waals surface area contributed by atoms with E-state index in [0.29, 0.717) is 44.7 Å². The molecule has 1 aliphatic rings. The van der Waals surface area contributed by atoms with Crippen LogP contribution in [0.15, 0.2) is 24.3 Å². The van der Waals surface area contributed by atoms with Crippen LogP contribution >= 0.6 is 11.6 Å². The second kappa shape index (κ2) is 5.77. The van der Waals surface area contributed by atoms with Gasteiger partial charge in [0.25, 0.3) is 0 Å². The molecule has 1 aliphatic heterocycles. The van der Waals surface area contributed by atoms with Crippen molar-refractivity contribution in [2.75, 3.05) is 21.0 Å². The zero-order chi connectivity index (χ0) is 15.7. The molecular weight excluding hydrogens is 308 g/mol. The van der Waals surface area contributed by atoms with Crippen molar-refractivity contribution in [3.05, 3.63) is 34.9 Å². The Morgan fingerprint density at radius 2 is 2.00 bits per heavy atom. The highest BCUT2D eigenvalue weighted by Crippen LogP contribution is 2.50. The molecule has 0 N–H and O–H groups in total. The number of hydrogen-bond acceptors (Lipinski definition) is 5. The van der Waals surface area contributed by atoms with E-state index >= 15 is 0 Å². The monoisotopic (exact) mass is 320 g/mol. The molecule has 0 bridgehead atoms. The summed E-state index contributed by atoms with van der Waals surface area (Å²) in [4.78, 5) is 11.5. The van der Waals surface area contributed by atoms with Crippen molar-refractivity contribution in [3.63, 3.8) is 0 Å². The molecule has 2 aromatic carbocycles. The number of benzene rings is 2. The maximum absolute atomic E-state index is 11.5. The van der Waals surface area contributed by atoms with E-state index in [0.717, 1.165) is 6.29 Å². The van der Waals surface area contributed by atoms with Gasteiger partial charge in [-0.1, -0.05) is 11.6 Å².